The van der Waals surface area contributed by atoms with E-state index in [0.29, 0.717) is 64.7 Å². The SMILES string of the molecule is [CH2-]CCCN1C(=CC=C2CCC/C(=C\C=C3/N(CCC[CH2-])c4ccc(S(=O)(=O)O)cc4C3(C)C)C2=[N+]2CCC(C(=O)NCCCCCCOP(=O)(O)OP(=O)(O)OP(=O)(O)OP(=O)(O)OCC3OC(n4cnc5c(=O)[nH]c(N)nc54)CC3O)CC2)C(C)(C)c2cc(C)ccc21. The number of unbranched alkanes of at least 4 members (excludes halogenated alkanes) is 5. The van der Waals surface area contributed by atoms with E-state index >= 15 is 0 Å². The number of allylic oxidation sites excluding steroid dienone is 8. The molecule has 2 aromatic carbocycles. The average molecular weight is 1420 g/mol. The van der Waals surface area contributed by atoms with Gasteiger partial charge in [-0.15, -0.1) is 0 Å². The van der Waals surface area contributed by atoms with Gasteiger partial charge >= 0.3 is 31.3 Å². The second kappa shape index (κ2) is 30.0. The number of aliphatic hydroxyl groups is 1. The number of ether oxygens (including phenoxy) is 1. The number of benzene rings is 2. The average Bonchev–Trinajstić information content (AvgIpc) is 1.60. The lowest BCUT2D eigenvalue weighted by Crippen LogP contribution is -2.40. The second-order valence-electron chi connectivity index (χ2n) is 25.3. The molecule has 29 nitrogen and oxygen atoms in total. The number of hydrogen-bond acceptors (Lipinski definition) is 20. The topological polar surface area (TPSA) is 407 Å². The number of imidazole rings is 1. The smallest absolute Gasteiger partial charge is 0.390 e. The van der Waals surface area contributed by atoms with Crippen molar-refractivity contribution in [1.29, 1.82) is 0 Å². The minimum Gasteiger partial charge on any atom is -0.390 e. The lowest BCUT2D eigenvalue weighted by atomic mass is 9.82. The molecule has 1 saturated carbocycles. The molecule has 0 bridgehead atoms. The first-order valence-electron chi connectivity index (χ1n) is 31.5. The van der Waals surface area contributed by atoms with E-state index in [1.54, 1.807) is 12.1 Å². The summed E-state index contributed by atoms with van der Waals surface area (Å²) in [5, 5.41) is 13.6. The van der Waals surface area contributed by atoms with Crippen molar-refractivity contribution < 1.29 is 92.0 Å². The third-order valence-electron chi connectivity index (χ3n) is 17.7. The quantitative estimate of drug-likeness (QED) is 0.00839. The van der Waals surface area contributed by atoms with Gasteiger partial charge in [-0.25, -0.2) is 27.8 Å². The van der Waals surface area contributed by atoms with E-state index in [0.717, 1.165) is 73.3 Å². The molecule has 34 heteroatoms. The van der Waals surface area contributed by atoms with Crippen LogP contribution in [0.5, 0.6) is 0 Å². The Morgan fingerprint density at radius 2 is 1.37 bits per heavy atom. The highest BCUT2D eigenvalue weighted by Crippen LogP contribution is 2.71. The summed E-state index contributed by atoms with van der Waals surface area (Å²) >= 11 is 0. The number of phosphoric acid groups is 4. The number of H-pyrrole nitrogens is 1. The van der Waals surface area contributed by atoms with Gasteiger partial charge in [-0.3, -0.25) is 32.7 Å². The Kier molecular flexibility index (Phi) is 23.4. The molecule has 3 fully saturated rings. The van der Waals surface area contributed by atoms with Crippen molar-refractivity contribution >= 4 is 81.5 Å². The zero-order valence-electron chi connectivity index (χ0n) is 53.8. The van der Waals surface area contributed by atoms with Crippen LogP contribution in [0.3, 0.4) is 0 Å². The fraction of sp³-hybridized carbons (Fsp3) is 0.525. The molecule has 7 atom stereocenters. The number of fused-ring (bicyclic) bond motifs is 3. The van der Waals surface area contributed by atoms with Crippen molar-refractivity contribution in [2.45, 2.75) is 159 Å². The highest BCUT2D eigenvalue weighted by molar-refractivity contribution is 7.85. The van der Waals surface area contributed by atoms with Crippen LogP contribution in [0.4, 0.5) is 17.3 Å². The van der Waals surface area contributed by atoms with Crippen molar-refractivity contribution in [3.8, 4) is 0 Å². The van der Waals surface area contributed by atoms with Crippen molar-refractivity contribution in [2.24, 2.45) is 5.92 Å². The summed E-state index contributed by atoms with van der Waals surface area (Å²) in [6.07, 6.45) is 14.8. The van der Waals surface area contributed by atoms with E-state index in [1.807, 2.05) is 0 Å². The Balaban J connectivity index is 0.780. The van der Waals surface area contributed by atoms with Gasteiger partial charge in [-0.1, -0.05) is 83.2 Å². The fourth-order valence-electron chi connectivity index (χ4n) is 12.9. The fourth-order valence-corrected chi connectivity index (χ4v) is 18.4. The number of phosphoric ester groups is 2. The Hall–Kier alpha value is -5.32. The van der Waals surface area contributed by atoms with Gasteiger partial charge in [0.15, 0.2) is 11.2 Å². The molecule has 2 aromatic heterocycles. The van der Waals surface area contributed by atoms with E-state index in [1.165, 1.54) is 45.0 Å². The van der Waals surface area contributed by atoms with Crippen LogP contribution in [-0.4, -0.2) is 132 Å². The normalized spacial score (nSPS) is 24.7. The zero-order chi connectivity index (χ0) is 69.1. The number of rotatable bonds is 28. The number of carbonyl (C=O) groups is 1. The van der Waals surface area contributed by atoms with Crippen LogP contribution in [0, 0.1) is 26.7 Å². The summed E-state index contributed by atoms with van der Waals surface area (Å²) in [6, 6.07) is 11.4. The van der Waals surface area contributed by atoms with Gasteiger partial charge in [0.1, 0.15) is 25.4 Å². The van der Waals surface area contributed by atoms with Crippen LogP contribution < -0.4 is 26.4 Å². The molecule has 0 radical (unpaired) electrons. The standard InChI is InChI=1S/C61H86N9O20P4S/c1-8-10-30-68-47-23-19-40(3)35-45(47)60(4,5)51(68)25-20-41-17-16-18-42(21-26-52-61(6,7)46-36-44(95(82,83)84)22-24-48(46)69(52)31-11-9-2)55(41)67-32-27-43(28-33-67)57(72)63-29-14-12-13-15-34-85-91(74,75)88-93(78,79)90-94(80,81)89-92(76,77)86-38-50-49(71)37-53(87-50)70-39-64-54-56(70)65-59(62)66-58(54)73/h19-26,35-36,39,43,49-50,53,71H,1-2,8-18,27-34,37-38H2,3-7H3,(H,63,72)(H,74,75)(H,76,77)(H,78,79)(H,80,81)(H,82,83,84)(H3,62,65,66,73)/q-1. The molecule has 7 unspecified atom stereocenters. The number of nitrogens with one attached hydrogen (secondary N) is 2. The summed E-state index contributed by atoms with van der Waals surface area (Å²) in [7, 11) is -27.8. The number of nitrogen functional groups attached to an aromatic ring is 1. The van der Waals surface area contributed by atoms with Gasteiger partial charge < -0.3 is 64.1 Å². The highest BCUT2D eigenvalue weighted by atomic mass is 32.2. The number of anilines is 3. The minimum atomic E-state index is -6.11. The Bertz CT molecular complexity index is 4080. The number of aryl methyl sites for hydroxylation is 1. The molecular formula is C61H86N9O20P4S-. The van der Waals surface area contributed by atoms with Crippen LogP contribution in [-0.2, 0) is 70.7 Å². The molecule has 1 amide bonds. The minimum absolute atomic E-state index is 0.00533. The van der Waals surface area contributed by atoms with E-state index < -0.39 is 84.0 Å². The molecule has 4 aliphatic heterocycles. The van der Waals surface area contributed by atoms with Crippen molar-refractivity contribution in [1.82, 2.24) is 24.8 Å². The molecule has 95 heavy (non-hydrogen) atoms. The van der Waals surface area contributed by atoms with E-state index in [2.05, 4.69) is 143 Å². The summed E-state index contributed by atoms with van der Waals surface area (Å²) in [6.45, 7) is 20.7. The Morgan fingerprint density at radius 1 is 0.811 bits per heavy atom. The van der Waals surface area contributed by atoms with Gasteiger partial charge in [-0.05, 0) is 86.6 Å². The number of aromatic amines is 1. The number of aliphatic hydroxyl groups excluding tert-OH is 1. The van der Waals surface area contributed by atoms with E-state index in [9.17, 15) is 65.5 Å². The maximum absolute atomic E-state index is 13.7. The maximum Gasteiger partial charge on any atom is 0.490 e. The molecule has 5 aliphatic rings. The summed E-state index contributed by atoms with van der Waals surface area (Å²) < 4.78 is 116. The number of hydrogen-bond donors (Lipinski definition) is 9. The van der Waals surface area contributed by atoms with Crippen LogP contribution in [0.15, 0.2) is 99.3 Å². The first-order chi connectivity index (χ1) is 44.6. The zero-order valence-corrected chi connectivity index (χ0v) is 58.2. The van der Waals surface area contributed by atoms with E-state index in [4.69, 9.17) is 15.0 Å². The predicted octanol–water partition coefficient (Wildman–Crippen LogP) is 9.56. The molecule has 10 N–H and O–H groups in total. The van der Waals surface area contributed by atoms with Gasteiger partial charge in [0, 0.05) is 89.6 Å². The molecule has 522 valence electrons. The number of amides is 1. The van der Waals surface area contributed by atoms with Gasteiger partial charge in [0.2, 0.25) is 17.6 Å². The highest BCUT2D eigenvalue weighted by Gasteiger charge is 2.48. The monoisotopic (exact) mass is 1420 g/mol. The van der Waals surface area contributed by atoms with Crippen LogP contribution in [0.1, 0.15) is 141 Å². The van der Waals surface area contributed by atoms with Crippen molar-refractivity contribution in [3.63, 3.8) is 0 Å². The Morgan fingerprint density at radius 3 is 1.96 bits per heavy atom. The summed E-state index contributed by atoms with van der Waals surface area (Å²) in [5.74, 6) is -0.571. The number of aromatic nitrogens is 4. The molecule has 1 aliphatic carbocycles. The Labute approximate surface area is 552 Å². The largest absolute Gasteiger partial charge is 0.490 e. The van der Waals surface area contributed by atoms with Crippen LogP contribution in [0.25, 0.3) is 11.2 Å². The van der Waals surface area contributed by atoms with Gasteiger partial charge in [-0.2, -0.15) is 39.2 Å². The lowest BCUT2D eigenvalue weighted by molar-refractivity contribution is -0.539. The summed E-state index contributed by atoms with van der Waals surface area (Å²) in [5.41, 5.74) is 15.0. The van der Waals surface area contributed by atoms with E-state index in [-0.39, 0.29) is 52.1 Å². The second-order valence-corrected chi connectivity index (χ2v) is 32.9. The first kappa shape index (κ1) is 73.9. The van der Waals surface area contributed by atoms with Gasteiger partial charge in [0.05, 0.1) is 30.5 Å². The molecular weight excluding hydrogens is 1330 g/mol. The molecule has 0 spiro atoms. The third-order valence-corrected chi connectivity index (χ3v) is 24.4. The van der Waals surface area contributed by atoms with Crippen molar-refractivity contribution in [2.75, 3.05) is 61.5 Å². The number of nitrogens with zero attached hydrogens (tertiary/aromatic N) is 6. The molecule has 4 aromatic rings. The first-order valence-corrected chi connectivity index (χ1v) is 39.0. The molecule has 2 saturated heterocycles. The predicted molar refractivity (Wildman–Crippen MR) is 354 cm³/mol. The molecule has 9 rings (SSSR count). The van der Waals surface area contributed by atoms with Crippen molar-refractivity contribution in [3.05, 3.63) is 130 Å². The molecule has 6 heterocycles. The van der Waals surface area contributed by atoms with Gasteiger partial charge in [0.25, 0.3) is 15.7 Å². The number of carbonyl (C=O) groups excluding carboxylic acids is 1. The maximum atomic E-state index is 13.7. The third kappa shape index (κ3) is 17.8. The number of piperidine rings is 1. The van der Waals surface area contributed by atoms with Crippen LogP contribution >= 0.6 is 31.3 Å². The van der Waals surface area contributed by atoms with Crippen LogP contribution in [0.2, 0.25) is 0 Å². The number of nitrogens with two attached hydrogens (primary N) is 1. The lowest BCUT2D eigenvalue weighted by Gasteiger charge is -2.28. The summed E-state index contributed by atoms with van der Waals surface area (Å²) in [4.78, 5) is 81.0.